The van der Waals surface area contributed by atoms with Gasteiger partial charge in [-0.2, -0.15) is 4.31 Å². The van der Waals surface area contributed by atoms with Gasteiger partial charge in [-0.1, -0.05) is 29.3 Å². The molecule has 1 aromatic carbocycles. The van der Waals surface area contributed by atoms with Crippen molar-refractivity contribution in [1.82, 2.24) is 8.87 Å². The topological polar surface area (TPSA) is 42.3 Å². The van der Waals surface area contributed by atoms with Gasteiger partial charge in [0.25, 0.3) is 0 Å². The Labute approximate surface area is 133 Å². The molecule has 1 aliphatic heterocycles. The van der Waals surface area contributed by atoms with Gasteiger partial charge in [0.1, 0.15) is 0 Å². The number of hydrogen-bond donors (Lipinski definition) is 0. The number of nitrogens with zero attached hydrogens (tertiary/aromatic N) is 2. The van der Waals surface area contributed by atoms with Gasteiger partial charge in [-0.3, -0.25) is 0 Å². The Bertz CT molecular complexity index is 786. The Kier molecular flexibility index (Phi) is 3.78. The van der Waals surface area contributed by atoms with Crippen LogP contribution in [-0.2, 0) is 16.6 Å². The van der Waals surface area contributed by atoms with Crippen LogP contribution in [0.15, 0.2) is 36.5 Å². The zero-order valence-electron chi connectivity index (χ0n) is 11.3. The average molecular weight is 345 g/mol. The van der Waals surface area contributed by atoms with Gasteiger partial charge in [-0.25, -0.2) is 8.42 Å². The van der Waals surface area contributed by atoms with Gasteiger partial charge in [0, 0.05) is 35.0 Å². The van der Waals surface area contributed by atoms with E-state index >= 15 is 0 Å². The predicted molar refractivity (Wildman–Crippen MR) is 84.3 cm³/mol. The summed E-state index contributed by atoms with van der Waals surface area (Å²) in [6.45, 7) is 1.06. The summed E-state index contributed by atoms with van der Waals surface area (Å²) in [6, 6.07) is 8.57. The molecule has 7 heteroatoms. The number of aromatic nitrogens is 1. The van der Waals surface area contributed by atoms with Crippen LogP contribution in [0.5, 0.6) is 0 Å². The minimum Gasteiger partial charge on any atom is -0.348 e. The Morgan fingerprint density at radius 2 is 1.95 bits per heavy atom. The molecule has 2 heterocycles. The molecular weight excluding hydrogens is 331 g/mol. The van der Waals surface area contributed by atoms with Crippen molar-refractivity contribution in [3.8, 4) is 0 Å². The molecule has 2 aromatic rings. The van der Waals surface area contributed by atoms with Crippen LogP contribution in [0.25, 0.3) is 0 Å². The summed E-state index contributed by atoms with van der Waals surface area (Å²) in [6.07, 6.45) is 3.17. The zero-order valence-corrected chi connectivity index (χ0v) is 13.7. The highest BCUT2D eigenvalue weighted by atomic mass is 35.5. The number of rotatable bonds is 2. The molecule has 112 valence electrons. The quantitative estimate of drug-likeness (QED) is 0.839. The van der Waals surface area contributed by atoms with E-state index in [4.69, 9.17) is 23.2 Å². The molecule has 1 aromatic heterocycles. The molecule has 1 unspecified atom stereocenters. The van der Waals surface area contributed by atoms with E-state index < -0.39 is 16.1 Å². The number of hydrogen-bond acceptors (Lipinski definition) is 2. The molecule has 0 bridgehead atoms. The van der Waals surface area contributed by atoms with E-state index in [1.54, 1.807) is 18.2 Å². The monoisotopic (exact) mass is 344 g/mol. The molecule has 0 N–H and O–H groups in total. The van der Waals surface area contributed by atoms with Crippen molar-refractivity contribution in [3.63, 3.8) is 0 Å². The normalized spacial score (nSPS) is 19.5. The maximum atomic E-state index is 12.1. The molecule has 1 atom stereocenters. The molecule has 3 rings (SSSR count). The van der Waals surface area contributed by atoms with Crippen LogP contribution >= 0.6 is 23.2 Å². The van der Waals surface area contributed by atoms with Crippen molar-refractivity contribution >= 4 is 33.2 Å². The summed E-state index contributed by atoms with van der Waals surface area (Å²) < 4.78 is 27.8. The van der Waals surface area contributed by atoms with Gasteiger partial charge in [0.05, 0.1) is 12.3 Å². The van der Waals surface area contributed by atoms with Crippen LogP contribution in [0.2, 0.25) is 10.0 Å². The Balaban J connectivity index is 2.19. The lowest BCUT2D eigenvalue weighted by atomic mass is 10.0. The summed E-state index contributed by atoms with van der Waals surface area (Å²) in [5, 5.41) is 0.997. The van der Waals surface area contributed by atoms with Crippen LogP contribution in [0, 0.1) is 0 Å². The van der Waals surface area contributed by atoms with Gasteiger partial charge < -0.3 is 4.57 Å². The molecular formula is C14H14Cl2N2O2S. The van der Waals surface area contributed by atoms with Crippen LogP contribution < -0.4 is 0 Å². The fraction of sp³-hybridized carbons (Fsp3) is 0.286. The molecule has 0 fully saturated rings. The standard InChI is InChI=1S/C14H14Cl2N2O2S/c1-21(19,20)18-8-7-17-6-2-3-13(17)14(18)11-5-4-10(15)9-12(11)16/h2-6,9,14H,7-8H2,1H3. The van der Waals surface area contributed by atoms with E-state index in [9.17, 15) is 8.42 Å². The van der Waals surface area contributed by atoms with Crippen molar-refractivity contribution < 1.29 is 8.42 Å². The molecule has 0 radical (unpaired) electrons. The third-order valence-corrected chi connectivity index (χ3v) is 5.48. The van der Waals surface area contributed by atoms with Gasteiger partial charge >= 0.3 is 0 Å². The van der Waals surface area contributed by atoms with Crippen LogP contribution in [0.3, 0.4) is 0 Å². The minimum atomic E-state index is -3.34. The van der Waals surface area contributed by atoms with E-state index in [1.165, 1.54) is 10.6 Å². The Morgan fingerprint density at radius 3 is 2.62 bits per heavy atom. The van der Waals surface area contributed by atoms with E-state index in [0.717, 1.165) is 11.3 Å². The fourth-order valence-electron chi connectivity index (χ4n) is 2.76. The molecule has 1 aliphatic rings. The molecule has 0 saturated carbocycles. The first-order chi connectivity index (χ1) is 9.88. The van der Waals surface area contributed by atoms with Gasteiger partial charge in [-0.05, 0) is 29.8 Å². The highest BCUT2D eigenvalue weighted by Crippen LogP contribution is 2.38. The maximum absolute atomic E-state index is 12.1. The second-order valence-corrected chi connectivity index (χ2v) is 7.85. The van der Waals surface area contributed by atoms with E-state index in [2.05, 4.69) is 4.57 Å². The summed E-state index contributed by atoms with van der Waals surface area (Å²) >= 11 is 12.2. The highest BCUT2D eigenvalue weighted by molar-refractivity contribution is 7.88. The second kappa shape index (κ2) is 5.32. The van der Waals surface area contributed by atoms with Crippen molar-refractivity contribution in [1.29, 1.82) is 0 Å². The summed E-state index contributed by atoms with van der Waals surface area (Å²) in [5.74, 6) is 0. The first-order valence-corrected chi connectivity index (χ1v) is 9.05. The van der Waals surface area contributed by atoms with Gasteiger partial charge in [0.15, 0.2) is 0 Å². The van der Waals surface area contributed by atoms with Crippen LogP contribution in [-0.4, -0.2) is 30.1 Å². The van der Waals surface area contributed by atoms with Gasteiger partial charge in [-0.15, -0.1) is 0 Å². The SMILES string of the molecule is CS(=O)(=O)N1CCn2cccc2C1c1ccc(Cl)cc1Cl. The Hall–Kier alpha value is -1.01. The lowest BCUT2D eigenvalue weighted by molar-refractivity contribution is 0.300. The summed E-state index contributed by atoms with van der Waals surface area (Å²) in [4.78, 5) is 0. The van der Waals surface area contributed by atoms with Crippen LogP contribution in [0.4, 0.5) is 0 Å². The molecule has 0 saturated heterocycles. The molecule has 0 amide bonds. The molecule has 0 aliphatic carbocycles. The number of fused-ring (bicyclic) bond motifs is 1. The lowest BCUT2D eigenvalue weighted by Crippen LogP contribution is -2.41. The molecule has 4 nitrogen and oxygen atoms in total. The van der Waals surface area contributed by atoms with E-state index in [-0.39, 0.29) is 0 Å². The van der Waals surface area contributed by atoms with Crippen LogP contribution in [0.1, 0.15) is 17.3 Å². The van der Waals surface area contributed by atoms with Crippen molar-refractivity contribution in [2.24, 2.45) is 0 Å². The molecule has 21 heavy (non-hydrogen) atoms. The second-order valence-electron chi connectivity index (χ2n) is 5.07. The van der Waals surface area contributed by atoms with Crippen molar-refractivity contribution in [2.45, 2.75) is 12.6 Å². The third-order valence-electron chi connectivity index (χ3n) is 3.68. The predicted octanol–water partition coefficient (Wildman–Crippen LogP) is 3.16. The largest absolute Gasteiger partial charge is 0.348 e. The summed E-state index contributed by atoms with van der Waals surface area (Å²) in [7, 11) is -3.34. The maximum Gasteiger partial charge on any atom is 0.212 e. The smallest absolute Gasteiger partial charge is 0.212 e. The van der Waals surface area contributed by atoms with E-state index in [1.807, 2.05) is 18.3 Å². The fourth-order valence-corrected chi connectivity index (χ4v) is 4.29. The third kappa shape index (κ3) is 2.71. The summed E-state index contributed by atoms with van der Waals surface area (Å²) in [5.41, 5.74) is 1.65. The number of benzene rings is 1. The highest BCUT2D eigenvalue weighted by Gasteiger charge is 2.35. The first kappa shape index (κ1) is 14.9. The average Bonchev–Trinajstić information content (AvgIpc) is 2.85. The van der Waals surface area contributed by atoms with Gasteiger partial charge in [0.2, 0.25) is 10.0 Å². The number of sulfonamides is 1. The van der Waals surface area contributed by atoms with Crippen molar-refractivity contribution in [3.05, 3.63) is 57.8 Å². The minimum absolute atomic E-state index is 0.421. The molecule has 0 spiro atoms. The number of halogens is 2. The zero-order chi connectivity index (χ0) is 15.2. The van der Waals surface area contributed by atoms with E-state index in [0.29, 0.717) is 23.1 Å². The lowest BCUT2D eigenvalue weighted by Gasteiger charge is -2.35. The first-order valence-electron chi connectivity index (χ1n) is 6.45. The Morgan fingerprint density at radius 1 is 1.19 bits per heavy atom. The van der Waals surface area contributed by atoms with Crippen molar-refractivity contribution in [2.75, 3.05) is 12.8 Å².